The maximum Gasteiger partial charge on any atom is 0.327 e. The standard InChI is InChI=1S/C15H18N2O5S/c18-14(19)13-10-23(21,22)9-8-17(13)15(20)16-7-3-5-11-4-1-2-6-12(11)16/h1-2,4,6,13H,3,5,7-10H2,(H,18,19). The summed E-state index contributed by atoms with van der Waals surface area (Å²) in [6, 6.07) is 5.77. The fourth-order valence-electron chi connectivity index (χ4n) is 3.13. The number of nitrogens with zero attached hydrogens (tertiary/aromatic N) is 2. The van der Waals surface area contributed by atoms with Gasteiger partial charge in [-0.05, 0) is 24.5 Å². The molecule has 124 valence electrons. The summed E-state index contributed by atoms with van der Waals surface area (Å²) in [6.45, 7) is 0.419. The number of carboxylic acids is 1. The van der Waals surface area contributed by atoms with Crippen LogP contribution in [0.2, 0.25) is 0 Å². The number of amides is 2. The summed E-state index contributed by atoms with van der Waals surface area (Å²) in [5.74, 6) is -2.01. The Morgan fingerprint density at radius 3 is 2.65 bits per heavy atom. The van der Waals surface area contributed by atoms with E-state index < -0.39 is 33.6 Å². The number of aryl methyl sites for hydroxylation is 1. The van der Waals surface area contributed by atoms with Gasteiger partial charge >= 0.3 is 12.0 Å². The second-order valence-corrected chi connectivity index (χ2v) is 8.06. The average Bonchev–Trinajstić information content (AvgIpc) is 2.53. The lowest BCUT2D eigenvalue weighted by Crippen LogP contribution is -2.58. The average molecular weight is 338 g/mol. The fourth-order valence-corrected chi connectivity index (χ4v) is 4.57. The van der Waals surface area contributed by atoms with Gasteiger partial charge in [0, 0.05) is 18.8 Å². The molecule has 2 aliphatic heterocycles. The van der Waals surface area contributed by atoms with Gasteiger partial charge in [0.25, 0.3) is 0 Å². The van der Waals surface area contributed by atoms with Crippen LogP contribution in [-0.4, -0.2) is 61.1 Å². The van der Waals surface area contributed by atoms with Gasteiger partial charge in [0.15, 0.2) is 9.84 Å². The summed E-state index contributed by atoms with van der Waals surface area (Å²) in [5.41, 5.74) is 1.82. The van der Waals surface area contributed by atoms with Crippen LogP contribution in [0.1, 0.15) is 12.0 Å². The highest BCUT2D eigenvalue weighted by Crippen LogP contribution is 2.28. The monoisotopic (exact) mass is 338 g/mol. The number of benzene rings is 1. The summed E-state index contributed by atoms with van der Waals surface area (Å²) in [6.07, 6.45) is 1.67. The normalized spacial score (nSPS) is 23.2. The van der Waals surface area contributed by atoms with Gasteiger partial charge < -0.3 is 10.0 Å². The number of hydrogen-bond acceptors (Lipinski definition) is 4. The van der Waals surface area contributed by atoms with Crippen molar-refractivity contribution < 1.29 is 23.1 Å². The van der Waals surface area contributed by atoms with Crippen LogP contribution in [0.15, 0.2) is 24.3 Å². The quantitative estimate of drug-likeness (QED) is 0.815. The minimum atomic E-state index is -3.43. The molecule has 0 saturated carbocycles. The van der Waals surface area contributed by atoms with Crippen LogP contribution in [0.4, 0.5) is 10.5 Å². The molecule has 1 saturated heterocycles. The summed E-state index contributed by atoms with van der Waals surface area (Å²) < 4.78 is 23.4. The van der Waals surface area contributed by atoms with Gasteiger partial charge in [0.1, 0.15) is 6.04 Å². The number of carbonyl (C=O) groups is 2. The maximum absolute atomic E-state index is 12.8. The number of fused-ring (bicyclic) bond motifs is 1. The molecule has 0 radical (unpaired) electrons. The smallest absolute Gasteiger partial charge is 0.327 e. The Kier molecular flexibility index (Phi) is 4.01. The third kappa shape index (κ3) is 3.03. The van der Waals surface area contributed by atoms with E-state index in [0.717, 1.165) is 24.1 Å². The molecule has 0 spiro atoms. The lowest BCUT2D eigenvalue weighted by atomic mass is 10.0. The van der Waals surface area contributed by atoms with Crippen LogP contribution in [0.3, 0.4) is 0 Å². The molecule has 0 bridgehead atoms. The molecular weight excluding hydrogens is 320 g/mol. The van der Waals surface area contributed by atoms with Crippen molar-refractivity contribution in [1.29, 1.82) is 0 Å². The van der Waals surface area contributed by atoms with E-state index in [-0.39, 0.29) is 12.3 Å². The Morgan fingerprint density at radius 2 is 1.91 bits per heavy atom. The predicted molar refractivity (Wildman–Crippen MR) is 84.3 cm³/mol. The lowest BCUT2D eigenvalue weighted by molar-refractivity contribution is -0.141. The second-order valence-electron chi connectivity index (χ2n) is 5.83. The van der Waals surface area contributed by atoms with Gasteiger partial charge in [-0.1, -0.05) is 18.2 Å². The predicted octanol–water partition coefficient (Wildman–Crippen LogP) is 0.743. The highest BCUT2D eigenvalue weighted by molar-refractivity contribution is 7.91. The molecule has 8 heteroatoms. The molecule has 1 N–H and O–H groups in total. The SMILES string of the molecule is O=C(O)C1CS(=O)(=O)CCN1C(=O)N1CCCc2ccccc21. The first kappa shape index (κ1) is 15.8. The molecule has 3 rings (SSSR count). The van der Waals surface area contributed by atoms with Crippen molar-refractivity contribution in [3.63, 3.8) is 0 Å². The van der Waals surface area contributed by atoms with E-state index in [1.54, 1.807) is 4.90 Å². The molecule has 1 aromatic rings. The van der Waals surface area contributed by atoms with Crippen molar-refractivity contribution in [3.8, 4) is 0 Å². The van der Waals surface area contributed by atoms with Crippen molar-refractivity contribution in [2.24, 2.45) is 0 Å². The zero-order chi connectivity index (χ0) is 16.6. The first-order chi connectivity index (χ1) is 10.9. The summed E-state index contributed by atoms with van der Waals surface area (Å²) in [7, 11) is -3.43. The molecule has 0 aromatic heterocycles. The van der Waals surface area contributed by atoms with E-state index >= 15 is 0 Å². The number of hydrogen-bond donors (Lipinski definition) is 1. The topological polar surface area (TPSA) is 95.0 Å². The van der Waals surface area contributed by atoms with Gasteiger partial charge in [-0.3, -0.25) is 4.90 Å². The molecule has 1 fully saturated rings. The molecule has 1 atom stereocenters. The van der Waals surface area contributed by atoms with Crippen LogP contribution in [0.5, 0.6) is 0 Å². The minimum absolute atomic E-state index is 0.0865. The molecule has 1 unspecified atom stereocenters. The Morgan fingerprint density at radius 1 is 1.17 bits per heavy atom. The lowest BCUT2D eigenvalue weighted by Gasteiger charge is -2.38. The van der Waals surface area contributed by atoms with Crippen molar-refractivity contribution in [2.75, 3.05) is 29.5 Å². The molecule has 2 aliphatic rings. The minimum Gasteiger partial charge on any atom is -0.480 e. The number of sulfone groups is 1. The Hall–Kier alpha value is -2.09. The van der Waals surface area contributed by atoms with Crippen LogP contribution >= 0.6 is 0 Å². The van der Waals surface area contributed by atoms with Gasteiger partial charge in [-0.15, -0.1) is 0 Å². The first-order valence-corrected chi connectivity index (χ1v) is 9.30. The zero-order valence-corrected chi connectivity index (χ0v) is 13.3. The Labute approximate surface area is 134 Å². The van der Waals surface area contributed by atoms with Gasteiger partial charge in [-0.25, -0.2) is 18.0 Å². The highest BCUT2D eigenvalue weighted by Gasteiger charge is 2.41. The summed E-state index contributed by atoms with van der Waals surface area (Å²) >= 11 is 0. The van der Waals surface area contributed by atoms with E-state index in [2.05, 4.69) is 0 Å². The number of carbonyl (C=O) groups excluding carboxylic acids is 1. The van der Waals surface area contributed by atoms with Crippen LogP contribution < -0.4 is 4.90 Å². The molecule has 1 aromatic carbocycles. The third-order valence-electron chi connectivity index (χ3n) is 4.30. The van der Waals surface area contributed by atoms with Crippen molar-refractivity contribution in [3.05, 3.63) is 29.8 Å². The van der Waals surface area contributed by atoms with Gasteiger partial charge in [0.05, 0.1) is 11.5 Å². The Bertz CT molecular complexity index is 746. The second kappa shape index (κ2) is 5.84. The Balaban J connectivity index is 1.90. The number of anilines is 1. The zero-order valence-electron chi connectivity index (χ0n) is 12.5. The third-order valence-corrected chi connectivity index (χ3v) is 5.93. The molecule has 2 amide bonds. The van der Waals surface area contributed by atoms with E-state index in [1.165, 1.54) is 4.90 Å². The van der Waals surface area contributed by atoms with E-state index in [1.807, 2.05) is 24.3 Å². The molecule has 2 heterocycles. The number of para-hydroxylation sites is 1. The maximum atomic E-state index is 12.8. The molecule has 0 aliphatic carbocycles. The molecule has 7 nitrogen and oxygen atoms in total. The number of rotatable bonds is 1. The summed E-state index contributed by atoms with van der Waals surface area (Å²) in [5, 5.41) is 9.31. The van der Waals surface area contributed by atoms with Crippen LogP contribution in [-0.2, 0) is 21.1 Å². The highest BCUT2D eigenvalue weighted by atomic mass is 32.2. The number of aliphatic carboxylic acids is 1. The summed E-state index contributed by atoms with van der Waals surface area (Å²) in [4.78, 5) is 27.0. The largest absolute Gasteiger partial charge is 0.480 e. The number of urea groups is 1. The van der Waals surface area contributed by atoms with Gasteiger partial charge in [-0.2, -0.15) is 0 Å². The van der Waals surface area contributed by atoms with Crippen molar-refractivity contribution in [2.45, 2.75) is 18.9 Å². The van der Waals surface area contributed by atoms with Crippen LogP contribution in [0.25, 0.3) is 0 Å². The van der Waals surface area contributed by atoms with Crippen LogP contribution in [0, 0.1) is 0 Å². The van der Waals surface area contributed by atoms with E-state index in [0.29, 0.717) is 6.54 Å². The number of carboxylic acid groups (broad SMARTS) is 1. The van der Waals surface area contributed by atoms with Crippen molar-refractivity contribution in [1.82, 2.24) is 4.90 Å². The van der Waals surface area contributed by atoms with Crippen molar-refractivity contribution >= 4 is 27.5 Å². The van der Waals surface area contributed by atoms with E-state index in [4.69, 9.17) is 0 Å². The fraction of sp³-hybridized carbons (Fsp3) is 0.467. The van der Waals surface area contributed by atoms with E-state index in [9.17, 15) is 23.1 Å². The van der Waals surface area contributed by atoms with Gasteiger partial charge in [0.2, 0.25) is 0 Å². The molecule has 23 heavy (non-hydrogen) atoms. The first-order valence-electron chi connectivity index (χ1n) is 7.48. The molecular formula is C15H18N2O5S.